The summed E-state index contributed by atoms with van der Waals surface area (Å²) in [6.45, 7) is 2.44. The molecule has 3 aromatic rings. The predicted molar refractivity (Wildman–Crippen MR) is 101 cm³/mol. The molecule has 1 aliphatic heterocycles. The van der Waals surface area contributed by atoms with Crippen molar-refractivity contribution >= 4 is 11.6 Å². The highest BCUT2D eigenvalue weighted by Gasteiger charge is 2.23. The lowest BCUT2D eigenvalue weighted by Crippen LogP contribution is -2.23. The first-order chi connectivity index (χ1) is 14.0. The molecule has 9 heteroatoms. The van der Waals surface area contributed by atoms with Gasteiger partial charge in [-0.3, -0.25) is 4.79 Å². The van der Waals surface area contributed by atoms with Crippen LogP contribution in [-0.2, 0) is 24.5 Å². The molecule has 3 heterocycles. The second kappa shape index (κ2) is 7.59. The summed E-state index contributed by atoms with van der Waals surface area (Å²) in [5.41, 5.74) is 2.38. The van der Waals surface area contributed by atoms with Crippen molar-refractivity contribution in [1.82, 2.24) is 14.5 Å². The summed E-state index contributed by atoms with van der Waals surface area (Å²) >= 11 is 0. The zero-order valence-electron chi connectivity index (χ0n) is 15.8. The maximum Gasteiger partial charge on any atom is 0.280 e. The third-order valence-corrected chi connectivity index (χ3v) is 4.71. The van der Waals surface area contributed by atoms with Crippen LogP contribution in [-0.4, -0.2) is 21.6 Å². The van der Waals surface area contributed by atoms with Crippen LogP contribution in [0, 0.1) is 18.6 Å². The fourth-order valence-electron chi connectivity index (χ4n) is 3.19. The van der Waals surface area contributed by atoms with Crippen LogP contribution < -0.4 is 15.6 Å². The lowest BCUT2D eigenvalue weighted by molar-refractivity contribution is 0.131. The summed E-state index contributed by atoms with van der Waals surface area (Å²) in [6.07, 6.45) is 0. The summed E-state index contributed by atoms with van der Waals surface area (Å²) in [6, 6.07) is 7.27. The molecule has 0 amide bonds. The van der Waals surface area contributed by atoms with Gasteiger partial charge in [0.15, 0.2) is 5.82 Å². The van der Waals surface area contributed by atoms with Gasteiger partial charge in [0, 0.05) is 6.07 Å². The number of rotatable bonds is 5. The van der Waals surface area contributed by atoms with Crippen LogP contribution in [0.3, 0.4) is 0 Å². The minimum Gasteiger partial charge on any atom is -0.479 e. The number of benzene rings is 1. The van der Waals surface area contributed by atoms with Crippen molar-refractivity contribution in [3.63, 3.8) is 0 Å². The van der Waals surface area contributed by atoms with Crippen LogP contribution in [0.1, 0.15) is 22.5 Å². The van der Waals surface area contributed by atoms with E-state index in [1.54, 1.807) is 23.6 Å². The topological polar surface area (TPSA) is 78.3 Å². The van der Waals surface area contributed by atoms with E-state index in [0.29, 0.717) is 29.2 Å². The molecule has 1 N–H and O–H groups in total. The first-order valence-electron chi connectivity index (χ1n) is 8.89. The third kappa shape index (κ3) is 3.68. The smallest absolute Gasteiger partial charge is 0.280 e. The normalized spacial score (nSPS) is 12.7. The van der Waals surface area contributed by atoms with Crippen LogP contribution in [0.15, 0.2) is 35.1 Å². The van der Waals surface area contributed by atoms with Gasteiger partial charge in [-0.25, -0.2) is 13.8 Å². The van der Waals surface area contributed by atoms with Gasteiger partial charge in [-0.15, -0.1) is 0 Å². The highest BCUT2D eigenvalue weighted by molar-refractivity contribution is 5.58. The number of halogens is 2. The van der Waals surface area contributed by atoms with Gasteiger partial charge >= 0.3 is 0 Å². The minimum atomic E-state index is -0.641. The van der Waals surface area contributed by atoms with Crippen molar-refractivity contribution < 1.29 is 18.3 Å². The second-order valence-electron chi connectivity index (χ2n) is 6.61. The molecule has 4 rings (SSSR count). The van der Waals surface area contributed by atoms with Gasteiger partial charge in [-0.05, 0) is 24.6 Å². The number of fused-ring (bicyclic) bond motifs is 1. The van der Waals surface area contributed by atoms with E-state index in [9.17, 15) is 13.6 Å². The molecule has 0 atom stereocenters. The molecule has 150 valence electrons. The first-order valence-corrected chi connectivity index (χ1v) is 8.89. The van der Waals surface area contributed by atoms with Crippen molar-refractivity contribution in [2.24, 2.45) is 0 Å². The molecule has 29 heavy (non-hydrogen) atoms. The van der Waals surface area contributed by atoms with Gasteiger partial charge in [-0.1, -0.05) is 12.1 Å². The Bertz CT molecular complexity index is 1130. The average Bonchev–Trinajstić information content (AvgIpc) is 3.19. The molecule has 0 unspecified atom stereocenters. The SMILES string of the molecule is COc1nc(C)c(Nc2nc(=O)c3c(n2Cc2ccc(F)cc2)COC3)cc1F. The van der Waals surface area contributed by atoms with Crippen LogP contribution >= 0.6 is 0 Å². The molecule has 7 nitrogen and oxygen atoms in total. The van der Waals surface area contributed by atoms with Crippen molar-refractivity contribution in [2.45, 2.75) is 26.7 Å². The van der Waals surface area contributed by atoms with Crippen molar-refractivity contribution in [2.75, 3.05) is 12.4 Å². The van der Waals surface area contributed by atoms with E-state index in [0.717, 1.165) is 5.56 Å². The monoisotopic (exact) mass is 400 g/mol. The largest absolute Gasteiger partial charge is 0.479 e. The number of hydrogen-bond donors (Lipinski definition) is 1. The molecule has 0 aliphatic carbocycles. The zero-order valence-corrected chi connectivity index (χ0v) is 15.8. The van der Waals surface area contributed by atoms with Gasteiger partial charge < -0.3 is 19.4 Å². The Morgan fingerprint density at radius 3 is 2.69 bits per heavy atom. The molecule has 0 saturated carbocycles. The van der Waals surface area contributed by atoms with E-state index >= 15 is 0 Å². The third-order valence-electron chi connectivity index (χ3n) is 4.71. The molecule has 0 spiro atoms. The molecule has 0 saturated heterocycles. The van der Waals surface area contributed by atoms with Crippen LogP contribution in [0.5, 0.6) is 5.88 Å². The van der Waals surface area contributed by atoms with E-state index < -0.39 is 11.4 Å². The summed E-state index contributed by atoms with van der Waals surface area (Å²) in [7, 11) is 1.33. The lowest BCUT2D eigenvalue weighted by Gasteiger charge is -2.18. The van der Waals surface area contributed by atoms with Gasteiger partial charge in [-0.2, -0.15) is 4.98 Å². The molecule has 1 aliphatic rings. The quantitative estimate of drug-likeness (QED) is 0.709. The predicted octanol–water partition coefficient (Wildman–Crippen LogP) is 3.06. The molecule has 0 bridgehead atoms. The maximum atomic E-state index is 14.1. The van der Waals surface area contributed by atoms with Gasteiger partial charge in [0.25, 0.3) is 5.56 Å². The second-order valence-corrected chi connectivity index (χ2v) is 6.61. The standard InChI is InChI=1S/C20H18F2N4O3/c1-11-16(7-15(22)19(23-11)28-2)24-20-25-18(27)14-9-29-10-17(14)26(20)8-12-3-5-13(21)6-4-12/h3-7H,8-10H2,1-2H3,(H,24,25,27). The van der Waals surface area contributed by atoms with Gasteiger partial charge in [0.1, 0.15) is 5.82 Å². The van der Waals surface area contributed by atoms with E-state index in [2.05, 4.69) is 15.3 Å². The summed E-state index contributed by atoms with van der Waals surface area (Å²) < 4.78 is 39.5. The number of aryl methyl sites for hydroxylation is 1. The number of aromatic nitrogens is 3. The Morgan fingerprint density at radius 1 is 1.21 bits per heavy atom. The van der Waals surface area contributed by atoms with Crippen LogP contribution in [0.25, 0.3) is 0 Å². The Labute approximate surface area is 165 Å². The first kappa shape index (κ1) is 19.0. The molecule has 0 radical (unpaired) electrons. The molecule has 1 aromatic carbocycles. The fourth-order valence-corrected chi connectivity index (χ4v) is 3.19. The number of ether oxygens (including phenoxy) is 2. The van der Waals surface area contributed by atoms with Gasteiger partial charge in [0.2, 0.25) is 11.8 Å². The van der Waals surface area contributed by atoms with Crippen LogP contribution in [0.4, 0.5) is 20.4 Å². The summed E-state index contributed by atoms with van der Waals surface area (Å²) in [5.74, 6) is -0.878. The van der Waals surface area contributed by atoms with Crippen LogP contribution in [0.2, 0.25) is 0 Å². The van der Waals surface area contributed by atoms with Gasteiger partial charge in [0.05, 0.1) is 49.5 Å². The Morgan fingerprint density at radius 2 is 1.97 bits per heavy atom. The van der Waals surface area contributed by atoms with Crippen molar-refractivity contribution in [1.29, 1.82) is 0 Å². The number of nitrogens with one attached hydrogen (secondary N) is 1. The highest BCUT2D eigenvalue weighted by atomic mass is 19.1. The van der Waals surface area contributed by atoms with E-state index in [1.807, 2.05) is 0 Å². The number of nitrogens with zero attached hydrogens (tertiary/aromatic N) is 3. The number of methoxy groups -OCH3 is 1. The molecular weight excluding hydrogens is 382 g/mol. The molecular formula is C20H18F2N4O3. The highest BCUT2D eigenvalue weighted by Crippen LogP contribution is 2.26. The van der Waals surface area contributed by atoms with Crippen molar-refractivity contribution in [3.8, 4) is 5.88 Å². The zero-order chi connectivity index (χ0) is 20.5. The van der Waals surface area contributed by atoms with E-state index in [1.165, 1.54) is 25.3 Å². The Kier molecular flexibility index (Phi) is 4.98. The Hall–Kier alpha value is -3.33. The fraction of sp³-hybridized carbons (Fsp3) is 0.250. The molecule has 2 aromatic heterocycles. The maximum absolute atomic E-state index is 14.1. The summed E-state index contributed by atoms with van der Waals surface area (Å²) in [4.78, 5) is 20.6. The number of hydrogen-bond acceptors (Lipinski definition) is 6. The Balaban J connectivity index is 1.79. The van der Waals surface area contributed by atoms with E-state index in [4.69, 9.17) is 9.47 Å². The average molecular weight is 400 g/mol. The van der Waals surface area contributed by atoms with E-state index in [-0.39, 0.29) is 30.9 Å². The minimum absolute atomic E-state index is 0.118. The lowest BCUT2D eigenvalue weighted by atomic mass is 10.2. The summed E-state index contributed by atoms with van der Waals surface area (Å²) in [5, 5.41) is 3.00. The van der Waals surface area contributed by atoms with Crippen molar-refractivity contribution in [3.05, 3.63) is 74.8 Å². The number of anilines is 2. The molecule has 0 fully saturated rings. The number of pyridine rings is 1.